The predicted molar refractivity (Wildman–Crippen MR) is 328 cm³/mol. The Kier molecular flexibility index (Phi) is 59.5. The van der Waals surface area contributed by atoms with Crippen LogP contribution in [0.25, 0.3) is 0 Å². The van der Waals surface area contributed by atoms with Crippen LogP contribution in [0, 0.1) is 0 Å². The fourth-order valence-electron chi connectivity index (χ4n) is 11.3. The summed E-state index contributed by atoms with van der Waals surface area (Å²) in [6.07, 6.45) is 56.4. The van der Waals surface area contributed by atoms with Crippen LogP contribution < -0.4 is 5.32 Å². The average Bonchev–Trinajstić information content (AvgIpc) is 3.37. The molecule has 0 heterocycles. The van der Waals surface area contributed by atoms with E-state index in [1.165, 1.54) is 250 Å². The zero-order chi connectivity index (χ0) is 54.9. The molecule has 0 bridgehead atoms. The van der Waals surface area contributed by atoms with Gasteiger partial charge in [0.15, 0.2) is 0 Å². The highest BCUT2D eigenvalue weighted by Gasteiger charge is 2.19. The summed E-state index contributed by atoms with van der Waals surface area (Å²) in [7, 11) is 0. The third-order valence-corrected chi connectivity index (χ3v) is 16.1. The summed E-state index contributed by atoms with van der Waals surface area (Å²) < 4.78 is 0. The number of hydrogen-bond acceptors (Lipinski definition) is 9. The molecule has 452 valence electrons. The molecule has 0 rings (SSSR count). The molecule has 5 unspecified atom stereocenters. The Morgan fingerprint density at radius 3 is 0.747 bits per heavy atom. The van der Waals surface area contributed by atoms with Gasteiger partial charge >= 0.3 is 0 Å². The molecule has 9 nitrogen and oxygen atoms in total. The molecule has 0 amide bonds. The molecule has 0 saturated carbocycles. The molecule has 0 aliphatic rings. The van der Waals surface area contributed by atoms with Gasteiger partial charge in [-0.15, -0.1) is 0 Å². The number of hydrogen-bond donors (Lipinski definition) is 6. The van der Waals surface area contributed by atoms with Crippen molar-refractivity contribution < 1.29 is 25.5 Å². The van der Waals surface area contributed by atoms with E-state index in [1.54, 1.807) is 0 Å². The molecule has 0 radical (unpaired) electrons. The molecule has 0 fully saturated rings. The lowest BCUT2D eigenvalue weighted by Gasteiger charge is -2.32. The molecule has 0 aromatic carbocycles. The van der Waals surface area contributed by atoms with Crippen LogP contribution in [0.5, 0.6) is 0 Å². The van der Waals surface area contributed by atoms with Gasteiger partial charge in [-0.3, -0.25) is 14.7 Å². The van der Waals surface area contributed by atoms with Crippen molar-refractivity contribution >= 4 is 0 Å². The zero-order valence-electron chi connectivity index (χ0n) is 51.6. The monoisotopic (exact) mass is 1070 g/mol. The standard InChI is InChI=1S/C66H138N4O5/c1-6-9-12-15-18-21-24-27-30-33-36-39-42-45-48-64(73)57-67-51-52-68(53-55-69(58-62(4)71)60-65(74)49-46-43-40-37-34-31-28-25-22-19-16-13-10-7-2)54-56-70(59-63(5)72)61-66(75)50-47-44-41-38-35-32-29-26-23-20-17-14-11-8-3/h62-67,71-75H,6-61H2,1-5H3. The van der Waals surface area contributed by atoms with Gasteiger partial charge in [-0.2, -0.15) is 0 Å². The third kappa shape index (κ3) is 58.1. The van der Waals surface area contributed by atoms with Crippen molar-refractivity contribution in [2.45, 2.75) is 354 Å². The van der Waals surface area contributed by atoms with Crippen molar-refractivity contribution in [1.29, 1.82) is 0 Å². The molecule has 6 N–H and O–H groups in total. The second kappa shape index (κ2) is 59.8. The van der Waals surface area contributed by atoms with Crippen LogP contribution in [-0.4, -0.2) is 143 Å². The largest absolute Gasteiger partial charge is 0.392 e. The van der Waals surface area contributed by atoms with Crippen molar-refractivity contribution in [2.24, 2.45) is 0 Å². The molecule has 75 heavy (non-hydrogen) atoms. The smallest absolute Gasteiger partial charge is 0.0667 e. The topological polar surface area (TPSA) is 123 Å². The summed E-state index contributed by atoms with van der Waals surface area (Å²) >= 11 is 0. The number of unbranched alkanes of at least 4 members (excludes halogenated alkanes) is 39. The SMILES string of the molecule is CCCCCCCCCCCCCCCCC(O)CNCCN(CCN(CC(C)O)CC(O)CCCCCCCCCCCCCCCC)CCN(CC(C)O)CC(O)CCCCCCCCCCCCCCCC. The lowest BCUT2D eigenvalue weighted by molar-refractivity contribution is 0.0553. The first-order chi connectivity index (χ1) is 36.6. The van der Waals surface area contributed by atoms with Gasteiger partial charge < -0.3 is 30.8 Å². The van der Waals surface area contributed by atoms with Gasteiger partial charge in [-0.25, -0.2) is 0 Å². The number of aliphatic hydroxyl groups is 5. The normalized spacial score (nSPS) is 14.2. The minimum absolute atomic E-state index is 0.332. The molecular formula is C66H138N4O5. The summed E-state index contributed by atoms with van der Waals surface area (Å²) in [6.45, 7) is 18.0. The summed E-state index contributed by atoms with van der Waals surface area (Å²) in [4.78, 5) is 6.94. The Labute approximate surface area is 469 Å². The van der Waals surface area contributed by atoms with Crippen LogP contribution in [0.4, 0.5) is 0 Å². The van der Waals surface area contributed by atoms with E-state index in [-0.39, 0.29) is 6.10 Å². The van der Waals surface area contributed by atoms with Crippen LogP contribution in [0.3, 0.4) is 0 Å². The van der Waals surface area contributed by atoms with E-state index in [0.29, 0.717) is 32.7 Å². The maximum Gasteiger partial charge on any atom is 0.0667 e. The number of nitrogens with zero attached hydrogens (tertiary/aromatic N) is 3. The fourth-order valence-corrected chi connectivity index (χ4v) is 11.3. The Morgan fingerprint density at radius 2 is 0.493 bits per heavy atom. The molecule has 0 aromatic rings. The quantitative estimate of drug-likeness (QED) is 0.0331. The number of aliphatic hydroxyl groups excluding tert-OH is 5. The molecule has 0 spiro atoms. The average molecular weight is 1070 g/mol. The van der Waals surface area contributed by atoms with E-state index >= 15 is 0 Å². The Balaban J connectivity index is 4.99. The summed E-state index contributed by atoms with van der Waals surface area (Å²) in [6, 6.07) is 0. The summed E-state index contributed by atoms with van der Waals surface area (Å²) in [5.41, 5.74) is 0. The number of nitrogens with one attached hydrogen (secondary N) is 1. The lowest BCUT2D eigenvalue weighted by atomic mass is 10.0. The molecule has 0 aromatic heterocycles. The highest BCUT2D eigenvalue weighted by atomic mass is 16.3. The minimum atomic E-state index is -0.475. The Hall–Kier alpha value is -0.360. The lowest BCUT2D eigenvalue weighted by Crippen LogP contribution is -2.47. The second-order valence-electron chi connectivity index (χ2n) is 24.4. The van der Waals surface area contributed by atoms with Gasteiger partial charge in [0.25, 0.3) is 0 Å². The van der Waals surface area contributed by atoms with Gasteiger partial charge in [0.05, 0.1) is 30.5 Å². The van der Waals surface area contributed by atoms with Gasteiger partial charge in [0.2, 0.25) is 0 Å². The van der Waals surface area contributed by atoms with Gasteiger partial charge in [0.1, 0.15) is 0 Å². The van der Waals surface area contributed by atoms with Gasteiger partial charge in [0, 0.05) is 72.0 Å². The molecule has 5 atom stereocenters. The van der Waals surface area contributed by atoms with Crippen molar-refractivity contribution in [3.05, 3.63) is 0 Å². The molecule has 0 aliphatic carbocycles. The van der Waals surface area contributed by atoms with Crippen LogP contribution in [0.1, 0.15) is 324 Å². The van der Waals surface area contributed by atoms with Crippen molar-refractivity contribution in [2.75, 3.05) is 72.0 Å². The van der Waals surface area contributed by atoms with E-state index in [4.69, 9.17) is 0 Å². The minimum Gasteiger partial charge on any atom is -0.392 e. The second-order valence-corrected chi connectivity index (χ2v) is 24.4. The number of rotatable bonds is 64. The molecule has 0 saturated heterocycles. The predicted octanol–water partition coefficient (Wildman–Crippen LogP) is 15.9. The van der Waals surface area contributed by atoms with Crippen LogP contribution in [0.15, 0.2) is 0 Å². The van der Waals surface area contributed by atoms with E-state index in [2.05, 4.69) is 40.8 Å². The van der Waals surface area contributed by atoms with Crippen LogP contribution in [0.2, 0.25) is 0 Å². The maximum absolute atomic E-state index is 11.2. The van der Waals surface area contributed by atoms with E-state index < -0.39 is 24.4 Å². The third-order valence-electron chi connectivity index (χ3n) is 16.1. The van der Waals surface area contributed by atoms with Crippen LogP contribution >= 0.6 is 0 Å². The van der Waals surface area contributed by atoms with Gasteiger partial charge in [-0.05, 0) is 33.1 Å². The zero-order valence-corrected chi connectivity index (χ0v) is 51.6. The summed E-state index contributed by atoms with van der Waals surface area (Å²) in [5, 5.41) is 57.8. The van der Waals surface area contributed by atoms with Crippen molar-refractivity contribution in [3.8, 4) is 0 Å². The van der Waals surface area contributed by atoms with E-state index in [9.17, 15) is 25.5 Å². The first-order valence-electron chi connectivity index (χ1n) is 33.9. The van der Waals surface area contributed by atoms with Crippen molar-refractivity contribution in [1.82, 2.24) is 20.0 Å². The summed E-state index contributed by atoms with van der Waals surface area (Å²) in [5.74, 6) is 0. The van der Waals surface area contributed by atoms with Crippen molar-refractivity contribution in [3.63, 3.8) is 0 Å². The van der Waals surface area contributed by atoms with E-state index in [1.807, 2.05) is 13.8 Å². The Morgan fingerprint density at radius 1 is 0.267 bits per heavy atom. The first-order valence-corrected chi connectivity index (χ1v) is 33.9. The van der Waals surface area contributed by atoms with Gasteiger partial charge in [-0.1, -0.05) is 290 Å². The highest BCUT2D eigenvalue weighted by Crippen LogP contribution is 2.18. The first kappa shape index (κ1) is 74.6. The van der Waals surface area contributed by atoms with Crippen LogP contribution in [-0.2, 0) is 0 Å². The van der Waals surface area contributed by atoms with E-state index in [0.717, 1.165) is 77.8 Å². The maximum atomic E-state index is 11.2. The molecule has 9 heteroatoms. The Bertz CT molecular complexity index is 1010. The molecule has 0 aliphatic heterocycles. The molecular weight excluding hydrogens is 929 g/mol. The fraction of sp³-hybridized carbons (Fsp3) is 1.00. The highest BCUT2D eigenvalue weighted by molar-refractivity contribution is 4.74.